The number of aromatic nitrogens is 5. The Morgan fingerprint density at radius 1 is 0.784 bits per heavy atom. The van der Waals surface area contributed by atoms with Crippen molar-refractivity contribution in [3.05, 3.63) is 72.3 Å². The summed E-state index contributed by atoms with van der Waals surface area (Å²) < 4.78 is 92.0. The van der Waals surface area contributed by atoms with Crippen molar-refractivity contribution >= 4 is 17.6 Å². The summed E-state index contributed by atoms with van der Waals surface area (Å²) in [6.07, 6.45) is -7.99. The molecule has 0 fully saturated rings. The summed E-state index contributed by atoms with van der Waals surface area (Å²) in [4.78, 5) is 19.5. The number of nitrogens with zero attached hydrogens (tertiary/aromatic N) is 5. The minimum Gasteiger partial charge on any atom is -0.343 e. The first-order valence-electron chi connectivity index (χ1n) is 10.5. The van der Waals surface area contributed by atoms with Gasteiger partial charge in [0.25, 0.3) is 0 Å². The molecule has 1 atom stereocenters. The molecule has 0 aliphatic heterocycles. The molecule has 0 amide bonds. The quantitative estimate of drug-likeness (QED) is 0.289. The molecule has 37 heavy (non-hydrogen) atoms. The van der Waals surface area contributed by atoms with Crippen molar-refractivity contribution in [1.82, 2.24) is 24.9 Å². The molecule has 0 aliphatic carbocycles. The van der Waals surface area contributed by atoms with Crippen molar-refractivity contribution in [2.75, 3.05) is 10.6 Å². The fourth-order valence-corrected chi connectivity index (χ4v) is 3.02. The van der Waals surface area contributed by atoms with E-state index in [9.17, 15) is 30.7 Å². The topological polar surface area (TPSA) is 88.5 Å². The Labute approximate surface area is 204 Å². The molecule has 14 heteroatoms. The van der Waals surface area contributed by atoms with E-state index in [0.29, 0.717) is 16.9 Å². The minimum atomic E-state index is -4.76. The van der Waals surface area contributed by atoms with Gasteiger partial charge < -0.3 is 10.6 Å². The highest BCUT2D eigenvalue weighted by Crippen LogP contribution is 2.30. The number of nitrogens with one attached hydrogen (secondary N) is 2. The summed E-state index contributed by atoms with van der Waals surface area (Å²) in [7, 11) is 0. The molecule has 0 radical (unpaired) electrons. The van der Waals surface area contributed by atoms with E-state index in [1.807, 2.05) is 0 Å². The lowest BCUT2D eigenvalue weighted by Gasteiger charge is -2.18. The second-order valence-corrected chi connectivity index (χ2v) is 7.68. The first-order chi connectivity index (χ1) is 17.4. The number of hydrogen-bond donors (Lipinski definition) is 2. The summed E-state index contributed by atoms with van der Waals surface area (Å²) in [6.45, 7) is 0.830. The smallest absolute Gasteiger partial charge is 0.343 e. The number of pyridine rings is 2. The van der Waals surface area contributed by atoms with Gasteiger partial charge in [-0.25, -0.2) is 9.37 Å². The zero-order chi connectivity index (χ0) is 26.8. The zero-order valence-electron chi connectivity index (χ0n) is 18.7. The monoisotopic (exact) mass is 523 g/mol. The summed E-state index contributed by atoms with van der Waals surface area (Å²) in [5.74, 6) is -1.64. The number of rotatable bonds is 6. The molecular formula is C23H16F7N7. The van der Waals surface area contributed by atoms with E-state index in [2.05, 4.69) is 35.6 Å². The summed E-state index contributed by atoms with van der Waals surface area (Å²) >= 11 is 0. The minimum absolute atomic E-state index is 0.266. The van der Waals surface area contributed by atoms with Crippen molar-refractivity contribution < 1.29 is 30.7 Å². The fourth-order valence-electron chi connectivity index (χ4n) is 3.02. The average molecular weight is 523 g/mol. The first kappa shape index (κ1) is 25.7. The van der Waals surface area contributed by atoms with Crippen LogP contribution in [-0.4, -0.2) is 37.1 Å². The Balaban J connectivity index is 1.72. The molecule has 3 heterocycles. The average Bonchev–Trinajstić information content (AvgIpc) is 2.83. The Morgan fingerprint density at radius 2 is 1.49 bits per heavy atom. The van der Waals surface area contributed by atoms with Gasteiger partial charge in [-0.2, -0.15) is 41.3 Å². The standard InChI is InChI=1S/C23H16F7N7/c1-12(22(25,26)27)32-20-35-19(16-3-2-4-18(34-16)23(28,29)30)36-21(37-20)33-15-9-10-31-17(11-15)13-5-7-14(24)8-6-13/h2-12H,1H3,(H2,31,32,33,35,36,37). The zero-order valence-corrected chi connectivity index (χ0v) is 18.7. The number of hydrogen-bond acceptors (Lipinski definition) is 7. The summed E-state index contributed by atoms with van der Waals surface area (Å²) in [5.41, 5.74) is -0.196. The van der Waals surface area contributed by atoms with E-state index >= 15 is 0 Å². The van der Waals surface area contributed by atoms with Gasteiger partial charge in [-0.05, 0) is 55.5 Å². The predicted octanol–water partition coefficient (Wildman–Crippen LogP) is 6.26. The van der Waals surface area contributed by atoms with Gasteiger partial charge in [0.05, 0.1) is 5.69 Å². The van der Waals surface area contributed by atoms with Crippen molar-refractivity contribution in [3.8, 4) is 22.8 Å². The van der Waals surface area contributed by atoms with Gasteiger partial charge in [0, 0.05) is 17.4 Å². The highest BCUT2D eigenvalue weighted by atomic mass is 19.4. The molecule has 0 saturated heterocycles. The highest BCUT2D eigenvalue weighted by Gasteiger charge is 2.37. The van der Waals surface area contributed by atoms with Gasteiger partial charge in [-0.1, -0.05) is 6.07 Å². The Hall–Kier alpha value is -4.36. The maximum atomic E-state index is 13.2. The van der Waals surface area contributed by atoms with Gasteiger partial charge in [0.15, 0.2) is 5.82 Å². The molecule has 0 aliphatic rings. The van der Waals surface area contributed by atoms with Crippen LogP contribution in [0.2, 0.25) is 0 Å². The SMILES string of the molecule is CC(Nc1nc(Nc2ccnc(-c3ccc(F)cc3)c2)nc(-c2cccc(C(F)(F)F)n2)n1)C(F)(F)F. The molecule has 0 bridgehead atoms. The molecular weight excluding hydrogens is 507 g/mol. The normalized spacial score (nSPS) is 12.8. The van der Waals surface area contributed by atoms with Gasteiger partial charge >= 0.3 is 12.4 Å². The van der Waals surface area contributed by atoms with Crippen LogP contribution in [0.5, 0.6) is 0 Å². The van der Waals surface area contributed by atoms with E-state index in [1.54, 1.807) is 6.07 Å². The molecule has 7 nitrogen and oxygen atoms in total. The van der Waals surface area contributed by atoms with Crippen LogP contribution in [0.4, 0.5) is 48.3 Å². The molecule has 1 aromatic carbocycles. The number of benzene rings is 1. The molecule has 1 unspecified atom stereocenters. The van der Waals surface area contributed by atoms with Crippen LogP contribution in [-0.2, 0) is 6.18 Å². The van der Waals surface area contributed by atoms with Gasteiger partial charge in [-0.15, -0.1) is 0 Å². The summed E-state index contributed by atoms with van der Waals surface area (Å²) in [5, 5.41) is 4.87. The van der Waals surface area contributed by atoms with E-state index in [-0.39, 0.29) is 11.6 Å². The van der Waals surface area contributed by atoms with Crippen molar-refractivity contribution in [2.24, 2.45) is 0 Å². The first-order valence-corrected chi connectivity index (χ1v) is 10.5. The van der Waals surface area contributed by atoms with Crippen LogP contribution in [0.25, 0.3) is 22.8 Å². The Bertz CT molecular complexity index is 1390. The van der Waals surface area contributed by atoms with E-state index in [1.165, 1.54) is 42.6 Å². The molecule has 4 rings (SSSR count). The van der Waals surface area contributed by atoms with Crippen LogP contribution in [0.3, 0.4) is 0 Å². The lowest BCUT2D eigenvalue weighted by Crippen LogP contribution is -2.34. The molecule has 4 aromatic rings. The number of anilines is 3. The van der Waals surface area contributed by atoms with Gasteiger partial charge in [-0.3, -0.25) is 4.98 Å². The molecule has 0 saturated carbocycles. The molecule has 2 N–H and O–H groups in total. The van der Waals surface area contributed by atoms with Gasteiger partial charge in [0.1, 0.15) is 23.2 Å². The Kier molecular flexibility index (Phi) is 6.92. The second kappa shape index (κ2) is 9.95. The summed E-state index contributed by atoms with van der Waals surface area (Å²) in [6, 6.07) is 9.48. The van der Waals surface area contributed by atoms with Crippen molar-refractivity contribution in [1.29, 1.82) is 0 Å². The van der Waals surface area contributed by atoms with Crippen LogP contribution in [0.1, 0.15) is 12.6 Å². The lowest BCUT2D eigenvalue weighted by molar-refractivity contribution is -0.141. The van der Waals surface area contributed by atoms with Gasteiger partial charge in [0.2, 0.25) is 11.9 Å². The Morgan fingerprint density at radius 3 is 2.16 bits per heavy atom. The molecule has 0 spiro atoms. The van der Waals surface area contributed by atoms with Crippen LogP contribution in [0.15, 0.2) is 60.8 Å². The molecule has 3 aromatic heterocycles. The lowest BCUT2D eigenvalue weighted by atomic mass is 10.1. The van der Waals surface area contributed by atoms with E-state index in [0.717, 1.165) is 19.1 Å². The van der Waals surface area contributed by atoms with Crippen LogP contribution >= 0.6 is 0 Å². The van der Waals surface area contributed by atoms with Crippen molar-refractivity contribution in [2.45, 2.75) is 25.3 Å². The number of alkyl halides is 6. The fraction of sp³-hybridized carbons (Fsp3) is 0.174. The maximum Gasteiger partial charge on any atom is 0.433 e. The molecule has 192 valence electrons. The highest BCUT2D eigenvalue weighted by molar-refractivity contribution is 5.66. The second-order valence-electron chi connectivity index (χ2n) is 7.68. The number of halogens is 7. The third-order valence-electron chi connectivity index (χ3n) is 4.90. The maximum absolute atomic E-state index is 13.2. The van der Waals surface area contributed by atoms with Crippen LogP contribution < -0.4 is 10.6 Å². The van der Waals surface area contributed by atoms with E-state index < -0.39 is 41.7 Å². The predicted molar refractivity (Wildman–Crippen MR) is 120 cm³/mol. The van der Waals surface area contributed by atoms with Crippen molar-refractivity contribution in [3.63, 3.8) is 0 Å². The van der Waals surface area contributed by atoms with E-state index in [4.69, 9.17) is 0 Å². The third kappa shape index (κ3) is 6.45. The third-order valence-corrected chi connectivity index (χ3v) is 4.90. The largest absolute Gasteiger partial charge is 0.433 e. The van der Waals surface area contributed by atoms with Crippen LogP contribution in [0, 0.1) is 5.82 Å².